The van der Waals surface area contributed by atoms with Gasteiger partial charge in [-0.05, 0) is 30.5 Å². The molecule has 132 valence electrons. The molecule has 0 bridgehead atoms. The standard InChI is InChI=1S/C18H23N5O2/c1-14-9-21-23(11-14)7-3-6-20-18(25)16-8-17(24)22(13-16)12-15-4-2-5-19-10-15/h2,4-5,9-11,16H,3,6-8,12-13H2,1H3,(H,20,25)/t16-/m1/s1. The number of likely N-dealkylation sites (tertiary alicyclic amines) is 1. The Bertz CT molecular complexity index is 728. The average Bonchev–Trinajstić information content (AvgIpc) is 3.18. The highest BCUT2D eigenvalue weighted by molar-refractivity contribution is 5.89. The van der Waals surface area contributed by atoms with Gasteiger partial charge < -0.3 is 10.2 Å². The molecule has 25 heavy (non-hydrogen) atoms. The molecule has 0 unspecified atom stereocenters. The topological polar surface area (TPSA) is 80.1 Å². The van der Waals surface area contributed by atoms with Crippen molar-refractivity contribution < 1.29 is 9.59 Å². The van der Waals surface area contributed by atoms with Crippen molar-refractivity contribution in [1.82, 2.24) is 25.0 Å². The molecule has 7 nitrogen and oxygen atoms in total. The summed E-state index contributed by atoms with van der Waals surface area (Å²) >= 11 is 0. The number of hydrogen-bond acceptors (Lipinski definition) is 4. The van der Waals surface area contributed by atoms with Crippen molar-refractivity contribution in [3.8, 4) is 0 Å². The van der Waals surface area contributed by atoms with E-state index in [1.807, 2.05) is 36.1 Å². The summed E-state index contributed by atoms with van der Waals surface area (Å²) in [7, 11) is 0. The van der Waals surface area contributed by atoms with Crippen LogP contribution < -0.4 is 5.32 Å². The summed E-state index contributed by atoms with van der Waals surface area (Å²) in [4.78, 5) is 30.2. The van der Waals surface area contributed by atoms with E-state index in [9.17, 15) is 9.59 Å². The van der Waals surface area contributed by atoms with E-state index in [1.165, 1.54) is 0 Å². The molecule has 1 N–H and O–H groups in total. The number of pyridine rings is 1. The monoisotopic (exact) mass is 341 g/mol. The van der Waals surface area contributed by atoms with Gasteiger partial charge >= 0.3 is 0 Å². The number of aromatic nitrogens is 3. The van der Waals surface area contributed by atoms with Crippen LogP contribution in [0.3, 0.4) is 0 Å². The minimum Gasteiger partial charge on any atom is -0.356 e. The molecule has 0 radical (unpaired) electrons. The van der Waals surface area contributed by atoms with Gasteiger partial charge in [0.15, 0.2) is 0 Å². The van der Waals surface area contributed by atoms with Crippen LogP contribution in [0.2, 0.25) is 0 Å². The number of carbonyl (C=O) groups is 2. The van der Waals surface area contributed by atoms with Crippen LogP contribution in [0.25, 0.3) is 0 Å². The Morgan fingerprint density at radius 2 is 2.28 bits per heavy atom. The number of hydrogen-bond donors (Lipinski definition) is 1. The number of rotatable bonds is 7. The molecule has 2 amide bonds. The van der Waals surface area contributed by atoms with Crippen molar-refractivity contribution in [3.63, 3.8) is 0 Å². The molecule has 0 saturated carbocycles. The first-order valence-electron chi connectivity index (χ1n) is 8.55. The van der Waals surface area contributed by atoms with Crippen LogP contribution in [-0.4, -0.2) is 44.6 Å². The van der Waals surface area contributed by atoms with Gasteiger partial charge in [-0.25, -0.2) is 0 Å². The first-order chi connectivity index (χ1) is 12.1. The number of aryl methyl sites for hydroxylation is 2. The van der Waals surface area contributed by atoms with Crippen LogP contribution in [0.4, 0.5) is 0 Å². The Hall–Kier alpha value is -2.70. The molecule has 0 spiro atoms. The molecule has 2 aromatic rings. The Kier molecular flexibility index (Phi) is 5.42. The summed E-state index contributed by atoms with van der Waals surface area (Å²) in [5, 5.41) is 7.15. The van der Waals surface area contributed by atoms with Crippen molar-refractivity contribution in [2.45, 2.75) is 32.9 Å². The van der Waals surface area contributed by atoms with Gasteiger partial charge in [0.05, 0.1) is 12.1 Å². The maximum absolute atomic E-state index is 12.3. The van der Waals surface area contributed by atoms with E-state index < -0.39 is 0 Å². The Labute approximate surface area is 147 Å². The van der Waals surface area contributed by atoms with Gasteiger partial charge in [0.25, 0.3) is 0 Å². The zero-order chi connectivity index (χ0) is 17.6. The van der Waals surface area contributed by atoms with Crippen molar-refractivity contribution in [1.29, 1.82) is 0 Å². The molecule has 3 rings (SSSR count). The smallest absolute Gasteiger partial charge is 0.225 e. The maximum atomic E-state index is 12.3. The number of nitrogens with one attached hydrogen (secondary N) is 1. The molecule has 3 heterocycles. The van der Waals surface area contributed by atoms with Gasteiger partial charge in [-0.1, -0.05) is 6.07 Å². The van der Waals surface area contributed by atoms with Crippen molar-refractivity contribution in [2.75, 3.05) is 13.1 Å². The molecule has 7 heteroatoms. The fourth-order valence-electron chi connectivity index (χ4n) is 3.00. The van der Waals surface area contributed by atoms with Gasteiger partial charge in [0, 0.05) is 51.2 Å². The fraction of sp³-hybridized carbons (Fsp3) is 0.444. The largest absolute Gasteiger partial charge is 0.356 e. The highest BCUT2D eigenvalue weighted by Gasteiger charge is 2.33. The van der Waals surface area contributed by atoms with E-state index >= 15 is 0 Å². The first-order valence-corrected chi connectivity index (χ1v) is 8.55. The van der Waals surface area contributed by atoms with E-state index in [0.29, 0.717) is 19.6 Å². The zero-order valence-electron chi connectivity index (χ0n) is 14.4. The second-order valence-corrected chi connectivity index (χ2v) is 6.46. The van der Waals surface area contributed by atoms with Gasteiger partial charge in [-0.2, -0.15) is 5.10 Å². The molecule has 1 aliphatic heterocycles. The summed E-state index contributed by atoms with van der Waals surface area (Å²) in [6.07, 6.45) is 8.35. The van der Waals surface area contributed by atoms with E-state index in [0.717, 1.165) is 24.1 Å². The summed E-state index contributed by atoms with van der Waals surface area (Å²) in [5.74, 6) is -0.286. The zero-order valence-corrected chi connectivity index (χ0v) is 14.4. The lowest BCUT2D eigenvalue weighted by Crippen LogP contribution is -2.33. The average molecular weight is 341 g/mol. The Morgan fingerprint density at radius 1 is 1.40 bits per heavy atom. The Balaban J connectivity index is 1.41. The van der Waals surface area contributed by atoms with Crippen LogP contribution >= 0.6 is 0 Å². The second kappa shape index (κ2) is 7.92. The molecule has 1 aliphatic rings. The first kappa shape index (κ1) is 17.1. The SMILES string of the molecule is Cc1cnn(CCCNC(=O)[C@@H]2CC(=O)N(Cc3cccnc3)C2)c1. The molecule has 1 atom stereocenters. The highest BCUT2D eigenvalue weighted by atomic mass is 16.2. The third-order valence-electron chi connectivity index (χ3n) is 4.31. The number of amides is 2. The van der Waals surface area contributed by atoms with Crippen LogP contribution in [0.15, 0.2) is 36.9 Å². The fourth-order valence-corrected chi connectivity index (χ4v) is 3.00. The lowest BCUT2D eigenvalue weighted by Gasteiger charge is -2.16. The third kappa shape index (κ3) is 4.65. The van der Waals surface area contributed by atoms with Crippen LogP contribution in [-0.2, 0) is 22.7 Å². The van der Waals surface area contributed by atoms with Gasteiger partial charge in [-0.15, -0.1) is 0 Å². The van der Waals surface area contributed by atoms with E-state index in [2.05, 4.69) is 15.4 Å². The number of nitrogens with zero attached hydrogens (tertiary/aromatic N) is 4. The molecule has 2 aromatic heterocycles. The minimum absolute atomic E-state index is 0.0241. The molecule has 1 fully saturated rings. The minimum atomic E-state index is -0.267. The number of carbonyl (C=O) groups excluding carboxylic acids is 2. The van der Waals surface area contributed by atoms with Crippen molar-refractivity contribution in [3.05, 3.63) is 48.0 Å². The molecular weight excluding hydrogens is 318 g/mol. The van der Waals surface area contributed by atoms with E-state index in [4.69, 9.17) is 0 Å². The lowest BCUT2D eigenvalue weighted by molar-refractivity contribution is -0.129. The predicted molar refractivity (Wildman–Crippen MR) is 92.4 cm³/mol. The van der Waals surface area contributed by atoms with Crippen LogP contribution in [0.1, 0.15) is 24.0 Å². The summed E-state index contributed by atoms with van der Waals surface area (Å²) in [6, 6.07) is 3.78. The summed E-state index contributed by atoms with van der Waals surface area (Å²) in [5.41, 5.74) is 2.11. The van der Waals surface area contributed by atoms with Gasteiger partial charge in [-0.3, -0.25) is 19.3 Å². The maximum Gasteiger partial charge on any atom is 0.225 e. The molecule has 0 aromatic carbocycles. The predicted octanol–water partition coefficient (Wildman–Crippen LogP) is 1.14. The second-order valence-electron chi connectivity index (χ2n) is 6.46. The lowest BCUT2D eigenvalue weighted by atomic mass is 10.1. The van der Waals surface area contributed by atoms with Gasteiger partial charge in [0.2, 0.25) is 11.8 Å². The molecular formula is C18H23N5O2. The third-order valence-corrected chi connectivity index (χ3v) is 4.31. The van der Waals surface area contributed by atoms with E-state index in [1.54, 1.807) is 17.3 Å². The van der Waals surface area contributed by atoms with Crippen molar-refractivity contribution in [2.24, 2.45) is 5.92 Å². The summed E-state index contributed by atoms with van der Waals surface area (Å²) in [6.45, 7) is 4.34. The van der Waals surface area contributed by atoms with Crippen molar-refractivity contribution >= 4 is 11.8 Å². The van der Waals surface area contributed by atoms with Gasteiger partial charge in [0.1, 0.15) is 0 Å². The van der Waals surface area contributed by atoms with Crippen LogP contribution in [0.5, 0.6) is 0 Å². The molecule has 0 aliphatic carbocycles. The van der Waals surface area contributed by atoms with E-state index in [-0.39, 0.29) is 24.2 Å². The highest BCUT2D eigenvalue weighted by Crippen LogP contribution is 2.20. The van der Waals surface area contributed by atoms with Crippen LogP contribution in [0, 0.1) is 12.8 Å². The quantitative estimate of drug-likeness (QED) is 0.766. The normalized spacial score (nSPS) is 17.1. The molecule has 1 saturated heterocycles. The summed E-state index contributed by atoms with van der Waals surface area (Å²) < 4.78 is 1.87. The Morgan fingerprint density at radius 3 is 3.00 bits per heavy atom.